The van der Waals surface area contributed by atoms with Crippen LogP contribution in [0.5, 0.6) is 0 Å². The van der Waals surface area contributed by atoms with E-state index in [-0.39, 0.29) is 18.2 Å². The first-order valence-electron chi connectivity index (χ1n) is 6.21. The molecule has 0 atom stereocenters. The van der Waals surface area contributed by atoms with E-state index in [4.69, 9.17) is 4.74 Å². The Morgan fingerprint density at radius 2 is 1.48 bits per heavy atom. The molecule has 0 spiro atoms. The van der Waals surface area contributed by atoms with Crippen LogP contribution in [0.25, 0.3) is 0 Å². The second-order valence-electron chi connectivity index (χ2n) is 4.29. The van der Waals surface area contributed by atoms with E-state index in [0.29, 0.717) is 31.9 Å². The minimum Gasteiger partial charge on any atom is -0.380 e. The van der Waals surface area contributed by atoms with Gasteiger partial charge in [0.25, 0.3) is 0 Å². The van der Waals surface area contributed by atoms with Crippen LogP contribution in [-0.2, 0) is 23.6 Å². The largest absolute Gasteiger partial charge is 0.416 e. The van der Waals surface area contributed by atoms with Crippen molar-refractivity contribution < 1.29 is 31.1 Å². The first-order chi connectivity index (χ1) is 9.64. The summed E-state index contributed by atoms with van der Waals surface area (Å²) in [6.45, 7) is 2.85. The Labute approximate surface area is 118 Å². The van der Waals surface area contributed by atoms with Gasteiger partial charge in [-0.15, -0.1) is 0 Å². The van der Waals surface area contributed by atoms with Gasteiger partial charge in [-0.2, -0.15) is 26.3 Å². The van der Waals surface area contributed by atoms with E-state index in [1.807, 2.05) is 0 Å². The Hall–Kier alpha value is -1.28. The quantitative estimate of drug-likeness (QED) is 0.636. The molecule has 2 nitrogen and oxygen atoms in total. The summed E-state index contributed by atoms with van der Waals surface area (Å²) in [6.07, 6.45) is -9.64. The summed E-state index contributed by atoms with van der Waals surface area (Å²) in [6, 6.07) is 1.54. The lowest BCUT2D eigenvalue weighted by molar-refractivity contribution is -0.143. The number of nitrogens with one attached hydrogen (secondary N) is 1. The lowest BCUT2D eigenvalue weighted by Gasteiger charge is -2.14. The smallest absolute Gasteiger partial charge is 0.380 e. The third-order valence-corrected chi connectivity index (χ3v) is 2.60. The summed E-state index contributed by atoms with van der Waals surface area (Å²) in [5.74, 6) is 0. The number of rotatable bonds is 6. The summed E-state index contributed by atoms with van der Waals surface area (Å²) < 4.78 is 80.7. The van der Waals surface area contributed by atoms with Gasteiger partial charge < -0.3 is 10.1 Å². The van der Waals surface area contributed by atoms with Gasteiger partial charge in [-0.1, -0.05) is 0 Å². The lowest BCUT2D eigenvalue weighted by atomic mass is 10.0. The summed E-state index contributed by atoms with van der Waals surface area (Å²) >= 11 is 0. The zero-order chi connectivity index (χ0) is 16.1. The fraction of sp³-hybridized carbons (Fsp3) is 0.538. The van der Waals surface area contributed by atoms with Gasteiger partial charge in [-0.25, -0.2) is 0 Å². The molecule has 0 radical (unpaired) electrons. The molecule has 0 saturated carbocycles. The van der Waals surface area contributed by atoms with Crippen LogP contribution >= 0.6 is 0 Å². The zero-order valence-corrected chi connectivity index (χ0v) is 11.2. The zero-order valence-electron chi connectivity index (χ0n) is 11.2. The molecule has 120 valence electrons. The van der Waals surface area contributed by atoms with Crippen LogP contribution in [0.15, 0.2) is 18.2 Å². The summed E-state index contributed by atoms with van der Waals surface area (Å²) in [4.78, 5) is 0. The number of ether oxygens (including phenoxy) is 1. The molecule has 0 aliphatic rings. The highest BCUT2D eigenvalue weighted by Gasteiger charge is 2.36. The van der Waals surface area contributed by atoms with Crippen LogP contribution in [0.2, 0.25) is 0 Å². The molecule has 8 heteroatoms. The minimum atomic E-state index is -4.82. The van der Waals surface area contributed by atoms with E-state index >= 15 is 0 Å². The molecule has 1 aromatic rings. The average molecular weight is 315 g/mol. The topological polar surface area (TPSA) is 21.3 Å². The molecular formula is C13H15F6NO. The molecule has 0 bridgehead atoms. The molecule has 0 heterocycles. The second-order valence-corrected chi connectivity index (χ2v) is 4.29. The first-order valence-corrected chi connectivity index (χ1v) is 6.21. The summed E-state index contributed by atoms with van der Waals surface area (Å²) in [5.41, 5.74) is -2.69. The highest BCUT2D eigenvalue weighted by molar-refractivity contribution is 5.33. The van der Waals surface area contributed by atoms with Crippen molar-refractivity contribution in [2.45, 2.75) is 25.8 Å². The van der Waals surface area contributed by atoms with Crippen LogP contribution in [0.1, 0.15) is 23.6 Å². The number of hydrogen-bond donors (Lipinski definition) is 1. The second kappa shape index (κ2) is 7.13. The van der Waals surface area contributed by atoms with Crippen molar-refractivity contribution in [2.75, 3.05) is 19.8 Å². The van der Waals surface area contributed by atoms with E-state index in [2.05, 4.69) is 5.32 Å². The SMILES string of the molecule is CCOCCNCc1cc(C(F)(F)F)cc(C(F)(F)F)c1. The molecule has 1 aromatic carbocycles. The van der Waals surface area contributed by atoms with Gasteiger partial charge in [-0.3, -0.25) is 0 Å². The normalized spacial score (nSPS) is 12.7. The summed E-state index contributed by atoms with van der Waals surface area (Å²) in [5, 5.41) is 2.73. The molecule has 0 aliphatic carbocycles. The minimum absolute atomic E-state index is 0.0753. The maximum atomic E-state index is 12.6. The maximum absolute atomic E-state index is 12.6. The average Bonchev–Trinajstić information content (AvgIpc) is 2.36. The third-order valence-electron chi connectivity index (χ3n) is 2.60. The summed E-state index contributed by atoms with van der Waals surface area (Å²) in [7, 11) is 0. The Morgan fingerprint density at radius 3 is 1.90 bits per heavy atom. The van der Waals surface area contributed by atoms with E-state index in [1.165, 1.54) is 0 Å². The predicted octanol–water partition coefficient (Wildman–Crippen LogP) is 3.85. The van der Waals surface area contributed by atoms with E-state index in [1.54, 1.807) is 6.92 Å². The molecule has 0 amide bonds. The Morgan fingerprint density at radius 1 is 0.952 bits per heavy atom. The van der Waals surface area contributed by atoms with Crippen LogP contribution < -0.4 is 5.32 Å². The van der Waals surface area contributed by atoms with Crippen molar-refractivity contribution >= 4 is 0 Å². The number of alkyl halides is 6. The Bertz CT molecular complexity index is 423. The fourth-order valence-corrected chi connectivity index (χ4v) is 1.64. The van der Waals surface area contributed by atoms with Gasteiger partial charge >= 0.3 is 12.4 Å². The van der Waals surface area contributed by atoms with Gasteiger partial charge in [0.1, 0.15) is 0 Å². The van der Waals surface area contributed by atoms with Crippen molar-refractivity contribution in [3.8, 4) is 0 Å². The molecule has 21 heavy (non-hydrogen) atoms. The van der Waals surface area contributed by atoms with E-state index < -0.39 is 23.5 Å². The van der Waals surface area contributed by atoms with Crippen LogP contribution in [-0.4, -0.2) is 19.8 Å². The van der Waals surface area contributed by atoms with Crippen molar-refractivity contribution in [3.63, 3.8) is 0 Å². The predicted molar refractivity (Wildman–Crippen MR) is 64.6 cm³/mol. The molecule has 1 rings (SSSR count). The molecule has 0 unspecified atom stereocenters. The highest BCUT2D eigenvalue weighted by atomic mass is 19.4. The fourth-order valence-electron chi connectivity index (χ4n) is 1.64. The van der Waals surface area contributed by atoms with Gasteiger partial charge in [0, 0.05) is 19.7 Å². The Kier molecular flexibility index (Phi) is 6.03. The lowest BCUT2D eigenvalue weighted by Crippen LogP contribution is -2.20. The van der Waals surface area contributed by atoms with Gasteiger partial charge in [0.2, 0.25) is 0 Å². The van der Waals surface area contributed by atoms with Gasteiger partial charge in [0.05, 0.1) is 17.7 Å². The highest BCUT2D eigenvalue weighted by Crippen LogP contribution is 2.36. The van der Waals surface area contributed by atoms with E-state index in [9.17, 15) is 26.3 Å². The van der Waals surface area contributed by atoms with Gasteiger partial charge in [-0.05, 0) is 30.7 Å². The van der Waals surface area contributed by atoms with Crippen molar-refractivity contribution in [1.82, 2.24) is 5.32 Å². The molecule has 0 fully saturated rings. The van der Waals surface area contributed by atoms with Crippen LogP contribution in [0, 0.1) is 0 Å². The van der Waals surface area contributed by atoms with Gasteiger partial charge in [0.15, 0.2) is 0 Å². The van der Waals surface area contributed by atoms with Crippen LogP contribution in [0.4, 0.5) is 26.3 Å². The first kappa shape index (κ1) is 17.8. The number of benzene rings is 1. The third kappa shape index (κ3) is 5.92. The van der Waals surface area contributed by atoms with Crippen molar-refractivity contribution in [3.05, 3.63) is 34.9 Å². The number of hydrogen-bond acceptors (Lipinski definition) is 2. The standard InChI is InChI=1S/C13H15F6NO/c1-2-21-4-3-20-8-9-5-10(12(14,15)16)7-11(6-9)13(17,18)19/h5-7,20H,2-4,8H2,1H3. The monoisotopic (exact) mass is 315 g/mol. The Balaban J connectivity index is 2.88. The molecule has 1 N–H and O–H groups in total. The molecule has 0 saturated heterocycles. The molecule has 0 aromatic heterocycles. The van der Waals surface area contributed by atoms with Crippen LogP contribution in [0.3, 0.4) is 0 Å². The van der Waals surface area contributed by atoms with Crippen molar-refractivity contribution in [2.24, 2.45) is 0 Å². The molecular weight excluding hydrogens is 300 g/mol. The maximum Gasteiger partial charge on any atom is 0.416 e. The number of halogens is 6. The van der Waals surface area contributed by atoms with E-state index in [0.717, 1.165) is 0 Å². The molecule has 0 aliphatic heterocycles. The van der Waals surface area contributed by atoms with Crippen molar-refractivity contribution in [1.29, 1.82) is 0 Å².